The van der Waals surface area contributed by atoms with Gasteiger partial charge < -0.3 is 15.1 Å². The highest BCUT2D eigenvalue weighted by Gasteiger charge is 2.27. The van der Waals surface area contributed by atoms with Crippen LogP contribution in [0.1, 0.15) is 19.8 Å². The van der Waals surface area contributed by atoms with Crippen LogP contribution >= 0.6 is 0 Å². The second-order valence-electron chi connectivity index (χ2n) is 3.98. The average Bonchev–Trinajstić information content (AvgIpc) is 2.26. The van der Waals surface area contributed by atoms with E-state index in [0.717, 1.165) is 18.6 Å². The van der Waals surface area contributed by atoms with Gasteiger partial charge in [0, 0.05) is 31.2 Å². The molecule has 1 aliphatic heterocycles. The summed E-state index contributed by atoms with van der Waals surface area (Å²) in [6.45, 7) is 2.95. The molecule has 0 aromatic rings. The van der Waals surface area contributed by atoms with E-state index in [0.29, 0.717) is 19.5 Å². The van der Waals surface area contributed by atoms with Gasteiger partial charge in [0.25, 0.3) is 0 Å². The van der Waals surface area contributed by atoms with Crippen molar-refractivity contribution in [2.75, 3.05) is 13.1 Å². The first-order valence-electron chi connectivity index (χ1n) is 5.42. The van der Waals surface area contributed by atoms with Crippen LogP contribution in [0, 0.1) is 5.92 Å². The van der Waals surface area contributed by atoms with Crippen LogP contribution in [0.3, 0.4) is 0 Å². The molecule has 0 aliphatic carbocycles. The Kier molecular flexibility index (Phi) is 4.49. The largest absolute Gasteiger partial charge is 0.478 e. The first kappa shape index (κ1) is 12.7. The zero-order valence-electron chi connectivity index (χ0n) is 9.30. The van der Waals surface area contributed by atoms with E-state index in [1.54, 1.807) is 4.90 Å². The van der Waals surface area contributed by atoms with Gasteiger partial charge in [-0.3, -0.25) is 4.79 Å². The number of aliphatic carboxylic acids is 1. The van der Waals surface area contributed by atoms with Crippen molar-refractivity contribution in [1.29, 1.82) is 0 Å². The molecule has 5 heteroatoms. The Labute approximate surface area is 94.4 Å². The molecule has 2 atom stereocenters. The Hall–Kier alpha value is -1.36. The number of nitrogens with zero attached hydrogens (tertiary/aromatic N) is 1. The summed E-state index contributed by atoms with van der Waals surface area (Å²) in [6, 6.07) is 0. The van der Waals surface area contributed by atoms with Crippen molar-refractivity contribution in [2.45, 2.75) is 25.9 Å². The molecule has 0 aromatic carbocycles. The predicted molar refractivity (Wildman–Crippen MR) is 57.8 cm³/mol. The molecule has 1 rings (SSSR count). The number of piperidine rings is 1. The zero-order chi connectivity index (χ0) is 12.1. The summed E-state index contributed by atoms with van der Waals surface area (Å²) in [4.78, 5) is 23.4. The molecular formula is C11H17NO4. The lowest BCUT2D eigenvalue weighted by molar-refractivity contribution is -0.133. The number of carboxylic acids is 1. The monoisotopic (exact) mass is 227 g/mol. The second-order valence-corrected chi connectivity index (χ2v) is 3.98. The van der Waals surface area contributed by atoms with E-state index in [4.69, 9.17) is 5.11 Å². The van der Waals surface area contributed by atoms with Crippen LogP contribution in [0.2, 0.25) is 0 Å². The van der Waals surface area contributed by atoms with Gasteiger partial charge in [0.2, 0.25) is 5.91 Å². The van der Waals surface area contributed by atoms with Crippen molar-refractivity contribution < 1.29 is 19.8 Å². The highest BCUT2D eigenvalue weighted by Crippen LogP contribution is 2.20. The summed E-state index contributed by atoms with van der Waals surface area (Å²) in [7, 11) is 0. The highest BCUT2D eigenvalue weighted by molar-refractivity contribution is 5.93. The fourth-order valence-corrected chi connectivity index (χ4v) is 1.87. The van der Waals surface area contributed by atoms with E-state index in [-0.39, 0.29) is 17.9 Å². The lowest BCUT2D eigenvalue weighted by Gasteiger charge is -2.35. The minimum Gasteiger partial charge on any atom is -0.478 e. The van der Waals surface area contributed by atoms with Gasteiger partial charge in [0.15, 0.2) is 0 Å². The SMILES string of the molecule is CC[C@H]1CN(C(=O)/C=C/C(=O)O)CC[C@H]1O. The minimum atomic E-state index is -1.13. The van der Waals surface area contributed by atoms with Crippen molar-refractivity contribution in [3.63, 3.8) is 0 Å². The number of aliphatic hydroxyl groups is 1. The molecule has 5 nitrogen and oxygen atoms in total. The molecule has 16 heavy (non-hydrogen) atoms. The van der Waals surface area contributed by atoms with Gasteiger partial charge in [0.1, 0.15) is 0 Å². The zero-order valence-corrected chi connectivity index (χ0v) is 9.30. The number of hydrogen-bond acceptors (Lipinski definition) is 3. The smallest absolute Gasteiger partial charge is 0.328 e. The maximum atomic E-state index is 11.6. The summed E-state index contributed by atoms with van der Waals surface area (Å²) >= 11 is 0. The van der Waals surface area contributed by atoms with Crippen LogP contribution in [-0.2, 0) is 9.59 Å². The molecule has 0 saturated carbocycles. The molecule has 0 aromatic heterocycles. The van der Waals surface area contributed by atoms with Crippen LogP contribution in [0.5, 0.6) is 0 Å². The van der Waals surface area contributed by atoms with E-state index in [9.17, 15) is 14.7 Å². The lowest BCUT2D eigenvalue weighted by atomic mass is 9.92. The Balaban J connectivity index is 2.55. The number of rotatable bonds is 3. The van der Waals surface area contributed by atoms with Crippen LogP contribution in [0.4, 0.5) is 0 Å². The standard InChI is InChI=1S/C11H17NO4/c1-2-8-7-12(6-5-9(8)13)10(14)3-4-11(15)16/h3-4,8-9,13H,2,5-7H2,1H3,(H,15,16)/b4-3+/t8-,9+/m0/s1. The summed E-state index contributed by atoms with van der Waals surface area (Å²) < 4.78 is 0. The van der Waals surface area contributed by atoms with Gasteiger partial charge in [-0.2, -0.15) is 0 Å². The number of carbonyl (C=O) groups is 2. The van der Waals surface area contributed by atoms with Gasteiger partial charge >= 0.3 is 5.97 Å². The Morgan fingerprint density at radius 1 is 1.44 bits per heavy atom. The lowest BCUT2D eigenvalue weighted by Crippen LogP contribution is -2.45. The fraction of sp³-hybridized carbons (Fsp3) is 0.636. The van der Waals surface area contributed by atoms with Crippen molar-refractivity contribution >= 4 is 11.9 Å². The van der Waals surface area contributed by atoms with E-state index < -0.39 is 5.97 Å². The molecule has 0 radical (unpaired) electrons. The third-order valence-corrected chi connectivity index (χ3v) is 2.90. The van der Waals surface area contributed by atoms with Gasteiger partial charge in [-0.15, -0.1) is 0 Å². The van der Waals surface area contributed by atoms with Crippen molar-refractivity contribution in [3.05, 3.63) is 12.2 Å². The predicted octanol–water partition coefficient (Wildman–Crippen LogP) is 0.247. The van der Waals surface area contributed by atoms with Gasteiger partial charge in [-0.25, -0.2) is 4.79 Å². The third-order valence-electron chi connectivity index (χ3n) is 2.90. The van der Waals surface area contributed by atoms with E-state index in [1.807, 2.05) is 6.92 Å². The molecule has 0 unspecified atom stereocenters. The number of aliphatic hydroxyl groups excluding tert-OH is 1. The minimum absolute atomic E-state index is 0.0935. The second kappa shape index (κ2) is 5.65. The topological polar surface area (TPSA) is 77.8 Å². The Bertz CT molecular complexity index is 300. The molecule has 1 heterocycles. The number of amides is 1. The molecule has 0 spiro atoms. The maximum Gasteiger partial charge on any atom is 0.328 e. The number of carboxylic acid groups (broad SMARTS) is 1. The summed E-state index contributed by atoms with van der Waals surface area (Å²) in [5.41, 5.74) is 0. The maximum absolute atomic E-state index is 11.6. The van der Waals surface area contributed by atoms with Gasteiger partial charge in [-0.05, 0) is 12.8 Å². The summed E-state index contributed by atoms with van der Waals surface area (Å²) in [6.07, 6.45) is 2.93. The third kappa shape index (κ3) is 3.34. The first-order chi connectivity index (χ1) is 7.54. The molecule has 2 N–H and O–H groups in total. The molecule has 1 saturated heterocycles. The van der Waals surface area contributed by atoms with Crippen LogP contribution in [0.25, 0.3) is 0 Å². The first-order valence-corrected chi connectivity index (χ1v) is 5.42. The van der Waals surface area contributed by atoms with E-state index in [2.05, 4.69) is 0 Å². The summed E-state index contributed by atoms with van der Waals surface area (Å²) in [5.74, 6) is -1.33. The number of likely N-dealkylation sites (tertiary alicyclic amines) is 1. The van der Waals surface area contributed by atoms with E-state index in [1.165, 1.54) is 0 Å². The number of hydrogen-bond donors (Lipinski definition) is 2. The van der Waals surface area contributed by atoms with Crippen LogP contribution < -0.4 is 0 Å². The van der Waals surface area contributed by atoms with Crippen LogP contribution in [0.15, 0.2) is 12.2 Å². The fourth-order valence-electron chi connectivity index (χ4n) is 1.87. The van der Waals surface area contributed by atoms with Gasteiger partial charge in [0.05, 0.1) is 6.10 Å². The molecule has 1 aliphatic rings. The van der Waals surface area contributed by atoms with Crippen LogP contribution in [-0.4, -0.2) is 46.2 Å². The Morgan fingerprint density at radius 3 is 2.69 bits per heavy atom. The van der Waals surface area contributed by atoms with Crippen molar-refractivity contribution in [2.24, 2.45) is 5.92 Å². The Morgan fingerprint density at radius 2 is 2.12 bits per heavy atom. The molecular weight excluding hydrogens is 210 g/mol. The van der Waals surface area contributed by atoms with Crippen molar-refractivity contribution in [1.82, 2.24) is 4.90 Å². The van der Waals surface area contributed by atoms with Crippen molar-refractivity contribution in [3.8, 4) is 0 Å². The molecule has 1 fully saturated rings. The normalized spacial score (nSPS) is 26.0. The molecule has 1 amide bonds. The average molecular weight is 227 g/mol. The summed E-state index contributed by atoms with van der Waals surface area (Å²) in [5, 5.41) is 18.0. The molecule has 0 bridgehead atoms. The molecule has 90 valence electrons. The quantitative estimate of drug-likeness (QED) is 0.677. The van der Waals surface area contributed by atoms with E-state index >= 15 is 0 Å². The highest BCUT2D eigenvalue weighted by atomic mass is 16.4. The van der Waals surface area contributed by atoms with Gasteiger partial charge in [-0.1, -0.05) is 6.92 Å². The number of carbonyl (C=O) groups excluding carboxylic acids is 1.